The molecular formula is C19H20N2O2S. The lowest BCUT2D eigenvalue weighted by Crippen LogP contribution is -2.40. The summed E-state index contributed by atoms with van der Waals surface area (Å²) in [6.45, 7) is 6.30. The second-order valence-corrected chi connectivity index (χ2v) is 6.63. The van der Waals surface area contributed by atoms with E-state index >= 15 is 0 Å². The minimum atomic E-state index is -0.570. The Hall–Kier alpha value is -2.40. The summed E-state index contributed by atoms with van der Waals surface area (Å²) in [5.74, 6) is 0.610. The first-order chi connectivity index (χ1) is 11.6. The number of aryl methyl sites for hydroxylation is 1. The maximum absolute atomic E-state index is 12.8. The Balaban J connectivity index is 1.78. The van der Waals surface area contributed by atoms with E-state index in [-0.39, 0.29) is 5.91 Å². The summed E-state index contributed by atoms with van der Waals surface area (Å²) in [6.07, 6.45) is -0.570. The number of benzene rings is 2. The Morgan fingerprint density at radius 2 is 1.92 bits per heavy atom. The zero-order valence-corrected chi connectivity index (χ0v) is 14.8. The zero-order valence-electron chi connectivity index (χ0n) is 14.0. The van der Waals surface area contributed by atoms with Crippen LogP contribution in [0.2, 0.25) is 0 Å². The number of ether oxygens (including phenoxy) is 1. The molecule has 0 saturated heterocycles. The van der Waals surface area contributed by atoms with E-state index in [1.54, 1.807) is 11.8 Å². The largest absolute Gasteiger partial charge is 0.481 e. The molecule has 0 spiro atoms. The predicted molar refractivity (Wildman–Crippen MR) is 98.9 cm³/mol. The number of anilines is 1. The lowest BCUT2D eigenvalue weighted by atomic mass is 10.2. The van der Waals surface area contributed by atoms with Gasteiger partial charge in [-0.2, -0.15) is 0 Å². The molecule has 1 heterocycles. The fourth-order valence-electron chi connectivity index (χ4n) is 2.45. The molecule has 0 aliphatic heterocycles. The van der Waals surface area contributed by atoms with E-state index in [1.165, 1.54) is 11.3 Å². The third kappa shape index (κ3) is 3.41. The van der Waals surface area contributed by atoms with E-state index in [4.69, 9.17) is 4.74 Å². The number of thiazole rings is 1. The molecule has 0 aliphatic carbocycles. The van der Waals surface area contributed by atoms with Gasteiger partial charge in [0, 0.05) is 6.54 Å². The average Bonchev–Trinajstić information content (AvgIpc) is 3.01. The molecule has 2 aromatic carbocycles. The molecule has 5 heteroatoms. The van der Waals surface area contributed by atoms with Crippen LogP contribution in [0.3, 0.4) is 0 Å². The maximum atomic E-state index is 12.8. The van der Waals surface area contributed by atoms with E-state index in [1.807, 2.05) is 62.4 Å². The summed E-state index contributed by atoms with van der Waals surface area (Å²) in [4.78, 5) is 19.0. The van der Waals surface area contributed by atoms with Gasteiger partial charge in [-0.1, -0.05) is 41.2 Å². The van der Waals surface area contributed by atoms with Crippen molar-refractivity contribution in [3.63, 3.8) is 0 Å². The van der Waals surface area contributed by atoms with Gasteiger partial charge in [0.05, 0.1) is 10.2 Å². The fourth-order valence-corrected chi connectivity index (χ4v) is 3.49. The fraction of sp³-hybridized carbons (Fsp3) is 0.263. The zero-order chi connectivity index (χ0) is 17.1. The van der Waals surface area contributed by atoms with Crippen LogP contribution in [0, 0.1) is 6.92 Å². The number of aromatic nitrogens is 1. The van der Waals surface area contributed by atoms with Gasteiger partial charge in [0.1, 0.15) is 5.75 Å². The highest BCUT2D eigenvalue weighted by atomic mass is 32.1. The van der Waals surface area contributed by atoms with E-state index in [0.717, 1.165) is 15.8 Å². The van der Waals surface area contributed by atoms with Gasteiger partial charge in [0.15, 0.2) is 11.2 Å². The summed E-state index contributed by atoms with van der Waals surface area (Å²) in [5, 5.41) is 0.711. The number of carbonyl (C=O) groups is 1. The van der Waals surface area contributed by atoms with E-state index < -0.39 is 6.10 Å². The molecule has 124 valence electrons. The van der Waals surface area contributed by atoms with Crippen molar-refractivity contribution in [3.8, 4) is 5.75 Å². The molecule has 0 N–H and O–H groups in total. The molecule has 0 bridgehead atoms. The minimum Gasteiger partial charge on any atom is -0.481 e. The van der Waals surface area contributed by atoms with Crippen LogP contribution in [0.4, 0.5) is 5.13 Å². The van der Waals surface area contributed by atoms with Crippen LogP contribution in [0.15, 0.2) is 48.5 Å². The summed E-state index contributed by atoms with van der Waals surface area (Å²) in [7, 11) is 0. The Morgan fingerprint density at radius 1 is 1.21 bits per heavy atom. The standard InChI is InChI=1S/C19H20N2O2S/c1-4-21(19-20-16-7-5-6-8-17(16)24-19)18(22)14(3)23-15-11-9-13(2)10-12-15/h5-12,14H,4H2,1-3H3. The van der Waals surface area contributed by atoms with Crippen LogP contribution in [0.1, 0.15) is 19.4 Å². The van der Waals surface area contributed by atoms with E-state index in [2.05, 4.69) is 4.98 Å². The Kier molecular flexibility index (Phi) is 4.81. The molecule has 1 aromatic heterocycles. The predicted octanol–water partition coefficient (Wildman–Crippen LogP) is 4.43. The highest BCUT2D eigenvalue weighted by molar-refractivity contribution is 7.22. The molecule has 1 unspecified atom stereocenters. The van der Waals surface area contributed by atoms with Gasteiger partial charge >= 0.3 is 0 Å². The number of hydrogen-bond acceptors (Lipinski definition) is 4. The number of para-hydroxylation sites is 1. The number of carbonyl (C=O) groups excluding carboxylic acids is 1. The lowest BCUT2D eigenvalue weighted by molar-refractivity contribution is -0.124. The van der Waals surface area contributed by atoms with Crippen molar-refractivity contribution in [2.24, 2.45) is 0 Å². The molecule has 1 amide bonds. The second-order valence-electron chi connectivity index (χ2n) is 5.62. The van der Waals surface area contributed by atoms with Gasteiger partial charge in [-0.25, -0.2) is 4.98 Å². The van der Waals surface area contributed by atoms with E-state index in [9.17, 15) is 4.79 Å². The molecule has 3 rings (SSSR count). The van der Waals surface area contributed by atoms with Crippen LogP contribution in [-0.2, 0) is 4.79 Å². The van der Waals surface area contributed by atoms with Crippen LogP contribution in [-0.4, -0.2) is 23.5 Å². The van der Waals surface area contributed by atoms with Crippen LogP contribution in [0.5, 0.6) is 5.75 Å². The van der Waals surface area contributed by atoms with Crippen molar-refractivity contribution >= 4 is 32.6 Å². The van der Waals surface area contributed by atoms with E-state index in [0.29, 0.717) is 17.4 Å². The van der Waals surface area contributed by atoms with Crippen molar-refractivity contribution in [1.82, 2.24) is 4.98 Å². The Bertz CT molecular complexity index is 809. The molecule has 4 nitrogen and oxygen atoms in total. The smallest absolute Gasteiger partial charge is 0.269 e. The molecule has 1 atom stereocenters. The van der Waals surface area contributed by atoms with Crippen molar-refractivity contribution in [1.29, 1.82) is 0 Å². The highest BCUT2D eigenvalue weighted by Crippen LogP contribution is 2.29. The van der Waals surface area contributed by atoms with Crippen LogP contribution >= 0.6 is 11.3 Å². The van der Waals surface area contributed by atoms with Gasteiger partial charge in [-0.15, -0.1) is 0 Å². The number of fused-ring (bicyclic) bond motifs is 1. The van der Waals surface area contributed by atoms with Gasteiger partial charge in [-0.05, 0) is 45.0 Å². The summed E-state index contributed by atoms with van der Waals surface area (Å²) < 4.78 is 6.87. The number of likely N-dealkylation sites (N-methyl/N-ethyl adjacent to an activating group) is 1. The third-order valence-corrected chi connectivity index (χ3v) is 4.84. The van der Waals surface area contributed by atoms with Crippen LogP contribution < -0.4 is 9.64 Å². The molecule has 0 radical (unpaired) electrons. The van der Waals surface area contributed by atoms with Crippen molar-refractivity contribution in [2.75, 3.05) is 11.4 Å². The minimum absolute atomic E-state index is 0.0860. The topological polar surface area (TPSA) is 42.4 Å². The van der Waals surface area contributed by atoms with Crippen LogP contribution in [0.25, 0.3) is 10.2 Å². The molecule has 0 aliphatic rings. The summed E-state index contributed by atoms with van der Waals surface area (Å²) in [6, 6.07) is 15.6. The molecular weight excluding hydrogens is 320 g/mol. The quantitative estimate of drug-likeness (QED) is 0.690. The molecule has 0 saturated carbocycles. The van der Waals surface area contributed by atoms with Crippen molar-refractivity contribution < 1.29 is 9.53 Å². The van der Waals surface area contributed by atoms with Gasteiger partial charge in [0.2, 0.25) is 0 Å². The monoisotopic (exact) mass is 340 g/mol. The van der Waals surface area contributed by atoms with Crippen molar-refractivity contribution in [3.05, 3.63) is 54.1 Å². The molecule has 3 aromatic rings. The number of amides is 1. The van der Waals surface area contributed by atoms with Crippen molar-refractivity contribution in [2.45, 2.75) is 26.9 Å². The summed E-state index contributed by atoms with van der Waals surface area (Å²) >= 11 is 1.52. The number of nitrogens with zero attached hydrogens (tertiary/aromatic N) is 2. The molecule has 24 heavy (non-hydrogen) atoms. The number of hydrogen-bond donors (Lipinski definition) is 0. The normalized spacial score (nSPS) is 12.1. The first kappa shape index (κ1) is 16.5. The Morgan fingerprint density at radius 3 is 2.58 bits per heavy atom. The average molecular weight is 340 g/mol. The van der Waals surface area contributed by atoms with Gasteiger partial charge in [-0.3, -0.25) is 9.69 Å². The third-order valence-electron chi connectivity index (χ3n) is 3.78. The second kappa shape index (κ2) is 7.01. The maximum Gasteiger partial charge on any atom is 0.269 e. The SMILES string of the molecule is CCN(C(=O)C(C)Oc1ccc(C)cc1)c1nc2ccccc2s1. The van der Waals surface area contributed by atoms with Gasteiger partial charge in [0.25, 0.3) is 5.91 Å². The Labute approximate surface area is 145 Å². The first-order valence-corrected chi connectivity index (χ1v) is 8.80. The summed E-state index contributed by atoms with van der Waals surface area (Å²) in [5.41, 5.74) is 2.07. The highest BCUT2D eigenvalue weighted by Gasteiger charge is 2.24. The lowest BCUT2D eigenvalue weighted by Gasteiger charge is -2.22. The first-order valence-electron chi connectivity index (χ1n) is 7.98. The number of rotatable bonds is 5. The van der Waals surface area contributed by atoms with Gasteiger partial charge < -0.3 is 4.74 Å². The molecule has 0 fully saturated rings.